The highest BCUT2D eigenvalue weighted by Crippen LogP contribution is 2.35. The van der Waals surface area contributed by atoms with Gasteiger partial charge in [0.2, 0.25) is 0 Å². The summed E-state index contributed by atoms with van der Waals surface area (Å²) in [7, 11) is -1.04. The van der Waals surface area contributed by atoms with Crippen LogP contribution in [0.25, 0.3) is 0 Å². The average molecular weight is 274 g/mol. The van der Waals surface area contributed by atoms with Crippen molar-refractivity contribution in [1.29, 1.82) is 0 Å². The lowest BCUT2D eigenvalue weighted by molar-refractivity contribution is 0.107. The molecular weight excluding hydrogens is 260 g/mol. The van der Waals surface area contributed by atoms with Gasteiger partial charge in [-0.1, -0.05) is 29.8 Å². The Labute approximate surface area is 93.6 Å². The number of benzene rings is 1. The minimum atomic E-state index is -1.04. The molecular formula is C11H14BrOS. The van der Waals surface area contributed by atoms with Crippen molar-refractivity contribution in [1.82, 2.24) is 0 Å². The number of halogens is 1. The number of hydrogen-bond donors (Lipinski definition) is 0. The summed E-state index contributed by atoms with van der Waals surface area (Å²) in [6.07, 6.45) is 4.05. The molecule has 0 saturated heterocycles. The zero-order valence-electron chi connectivity index (χ0n) is 8.58. The fourth-order valence-electron chi connectivity index (χ4n) is 1.04. The number of ketones is 1. The second kappa shape index (κ2) is 4.41. The number of aryl methyl sites for hydroxylation is 1. The molecule has 1 radical (unpaired) electrons. The van der Waals surface area contributed by atoms with Crippen molar-refractivity contribution in [2.45, 2.75) is 6.92 Å². The lowest BCUT2D eigenvalue weighted by atomic mass is 10.1. The average Bonchev–Trinajstić information content (AvgIpc) is 2.02. The van der Waals surface area contributed by atoms with E-state index in [0.29, 0.717) is 0 Å². The van der Waals surface area contributed by atoms with Crippen molar-refractivity contribution in [3.8, 4) is 0 Å². The number of rotatable bonds is 2. The normalized spacial score (nSPS) is 11.1. The van der Waals surface area contributed by atoms with Crippen LogP contribution in [0.5, 0.6) is 0 Å². The van der Waals surface area contributed by atoms with E-state index in [2.05, 4.69) is 14.8 Å². The summed E-state index contributed by atoms with van der Waals surface area (Å²) in [5.74, 6) is 0.0990. The molecule has 0 fully saturated rings. The van der Waals surface area contributed by atoms with E-state index >= 15 is 0 Å². The Bertz CT molecular complexity index is 378. The van der Waals surface area contributed by atoms with Gasteiger partial charge in [0.15, 0.2) is 5.78 Å². The van der Waals surface area contributed by atoms with E-state index in [1.807, 2.05) is 43.7 Å². The SMILES string of the molecule is Cc1ccc(C(=O)C=[S](C)(C)Br)cc1. The summed E-state index contributed by atoms with van der Waals surface area (Å²) >= 11 is 3.50. The molecule has 0 heterocycles. The third-order valence-electron chi connectivity index (χ3n) is 1.72. The Morgan fingerprint density at radius 2 is 1.79 bits per heavy atom. The third kappa shape index (κ3) is 3.76. The van der Waals surface area contributed by atoms with Gasteiger partial charge >= 0.3 is 0 Å². The molecule has 77 valence electrons. The molecule has 3 heteroatoms. The second-order valence-electron chi connectivity index (χ2n) is 3.63. The first-order valence-electron chi connectivity index (χ1n) is 4.27. The Balaban J connectivity index is 2.97. The van der Waals surface area contributed by atoms with Crippen LogP contribution in [-0.4, -0.2) is 23.7 Å². The molecule has 1 aromatic carbocycles. The predicted octanol–water partition coefficient (Wildman–Crippen LogP) is 3.35. The van der Waals surface area contributed by atoms with Crippen molar-refractivity contribution in [2.75, 3.05) is 12.5 Å². The fourth-order valence-corrected chi connectivity index (χ4v) is 2.19. The van der Waals surface area contributed by atoms with Gasteiger partial charge in [0.1, 0.15) is 0 Å². The largest absolute Gasteiger partial charge is 0.289 e. The smallest absolute Gasteiger partial charge is 0.191 e. The lowest BCUT2D eigenvalue weighted by Gasteiger charge is -2.06. The molecule has 1 rings (SSSR count). The predicted molar refractivity (Wildman–Crippen MR) is 69.9 cm³/mol. The van der Waals surface area contributed by atoms with Crippen molar-refractivity contribution < 1.29 is 4.79 Å². The molecule has 0 aliphatic carbocycles. The fraction of sp³-hybridized carbons (Fsp3) is 0.273. The highest BCUT2D eigenvalue weighted by molar-refractivity contribution is 9.57. The highest BCUT2D eigenvalue weighted by Gasteiger charge is 2.04. The first-order chi connectivity index (χ1) is 6.38. The Hall–Kier alpha value is -0.410. The molecule has 0 spiro atoms. The first-order valence-corrected chi connectivity index (χ1v) is 8.63. The quantitative estimate of drug-likeness (QED) is 0.597. The molecule has 0 atom stereocenters. The number of Topliss-reactive ketones (excluding diaryl/α,β-unsaturated/α-hetero) is 1. The molecule has 0 bridgehead atoms. The van der Waals surface area contributed by atoms with Gasteiger partial charge in [-0.15, -0.1) is 0 Å². The van der Waals surface area contributed by atoms with Gasteiger partial charge in [-0.05, 0) is 34.2 Å². The summed E-state index contributed by atoms with van der Waals surface area (Å²) in [5, 5.41) is 1.76. The summed E-state index contributed by atoms with van der Waals surface area (Å²) < 4.78 is 0. The number of carbonyl (C=O) groups excluding carboxylic acids is 1. The van der Waals surface area contributed by atoms with Gasteiger partial charge in [0, 0.05) is 10.9 Å². The van der Waals surface area contributed by atoms with Crippen LogP contribution in [0.4, 0.5) is 0 Å². The maximum Gasteiger partial charge on any atom is 0.191 e. The minimum absolute atomic E-state index is 0.0990. The summed E-state index contributed by atoms with van der Waals surface area (Å²) in [5.41, 5.74) is 1.93. The molecule has 14 heavy (non-hydrogen) atoms. The molecule has 0 amide bonds. The zero-order chi connectivity index (χ0) is 10.8. The molecule has 1 aromatic rings. The van der Waals surface area contributed by atoms with Gasteiger partial charge in [-0.25, -0.2) is 0 Å². The van der Waals surface area contributed by atoms with Crippen LogP contribution in [-0.2, 0) is 0 Å². The zero-order valence-corrected chi connectivity index (χ0v) is 11.0. The maximum atomic E-state index is 11.7. The van der Waals surface area contributed by atoms with Crippen LogP contribution in [0, 0.1) is 6.92 Å². The van der Waals surface area contributed by atoms with Crippen LogP contribution < -0.4 is 0 Å². The number of carbonyl (C=O) groups is 1. The second-order valence-corrected chi connectivity index (χ2v) is 11.4. The van der Waals surface area contributed by atoms with Crippen LogP contribution in [0.15, 0.2) is 24.3 Å². The van der Waals surface area contributed by atoms with E-state index in [1.54, 1.807) is 5.37 Å². The summed E-state index contributed by atoms with van der Waals surface area (Å²) in [6.45, 7) is 2.01. The Kier molecular flexibility index (Phi) is 3.67. The highest BCUT2D eigenvalue weighted by atomic mass is 79.9. The van der Waals surface area contributed by atoms with Gasteiger partial charge in [-0.2, -0.15) is 8.05 Å². The minimum Gasteiger partial charge on any atom is -0.289 e. The molecule has 0 saturated carbocycles. The van der Waals surface area contributed by atoms with Gasteiger partial charge in [-0.3, -0.25) is 4.79 Å². The van der Waals surface area contributed by atoms with Crippen LogP contribution >= 0.6 is 22.9 Å². The van der Waals surface area contributed by atoms with Crippen molar-refractivity contribution >= 4 is 34.0 Å². The van der Waals surface area contributed by atoms with Gasteiger partial charge in [0.25, 0.3) is 0 Å². The van der Waals surface area contributed by atoms with E-state index < -0.39 is 8.05 Å². The summed E-state index contributed by atoms with van der Waals surface area (Å²) in [6, 6.07) is 7.65. The Morgan fingerprint density at radius 1 is 1.29 bits per heavy atom. The van der Waals surface area contributed by atoms with Crippen molar-refractivity contribution in [2.24, 2.45) is 0 Å². The van der Waals surface area contributed by atoms with E-state index in [4.69, 9.17) is 0 Å². The molecule has 0 aliphatic heterocycles. The van der Waals surface area contributed by atoms with E-state index in [0.717, 1.165) is 5.56 Å². The van der Waals surface area contributed by atoms with Gasteiger partial charge < -0.3 is 0 Å². The molecule has 1 nitrogen and oxygen atoms in total. The molecule has 0 unspecified atom stereocenters. The van der Waals surface area contributed by atoms with Crippen LogP contribution in [0.2, 0.25) is 0 Å². The standard InChI is InChI=1S/C11H14BrOS/c1-9-4-6-10(7-5-9)11(13)8-14(2,3)12/h4-8H,1-3H3. The Morgan fingerprint density at radius 3 is 2.21 bits per heavy atom. The molecule has 0 aliphatic rings. The molecule has 0 aromatic heterocycles. The maximum absolute atomic E-state index is 11.7. The van der Waals surface area contributed by atoms with Crippen LogP contribution in [0.1, 0.15) is 15.9 Å². The molecule has 0 N–H and O–H groups in total. The van der Waals surface area contributed by atoms with Crippen LogP contribution in [0.3, 0.4) is 0 Å². The van der Waals surface area contributed by atoms with E-state index in [1.165, 1.54) is 5.56 Å². The van der Waals surface area contributed by atoms with Gasteiger partial charge in [0.05, 0.1) is 0 Å². The monoisotopic (exact) mass is 273 g/mol. The number of hydrogen-bond acceptors (Lipinski definition) is 1. The lowest BCUT2D eigenvalue weighted by Crippen LogP contribution is -2.01. The topological polar surface area (TPSA) is 17.1 Å². The van der Waals surface area contributed by atoms with Crippen molar-refractivity contribution in [3.63, 3.8) is 0 Å². The summed E-state index contributed by atoms with van der Waals surface area (Å²) in [4.78, 5) is 11.7. The third-order valence-corrected chi connectivity index (χ3v) is 3.06. The van der Waals surface area contributed by atoms with Crippen molar-refractivity contribution in [3.05, 3.63) is 35.4 Å². The first kappa shape index (κ1) is 11.7. The van der Waals surface area contributed by atoms with E-state index in [-0.39, 0.29) is 5.78 Å². The van der Waals surface area contributed by atoms with E-state index in [9.17, 15) is 4.79 Å².